The van der Waals surface area contributed by atoms with Gasteiger partial charge >= 0.3 is 0 Å². The Hall–Kier alpha value is -2.60. The van der Waals surface area contributed by atoms with E-state index in [1.165, 1.54) is 6.07 Å². The van der Waals surface area contributed by atoms with Crippen LogP contribution >= 0.6 is 15.9 Å². The van der Waals surface area contributed by atoms with Crippen molar-refractivity contribution in [3.05, 3.63) is 88.0 Å². The van der Waals surface area contributed by atoms with E-state index in [0.29, 0.717) is 22.3 Å². The van der Waals surface area contributed by atoms with E-state index in [1.807, 2.05) is 6.07 Å². The third-order valence-corrected chi connectivity index (χ3v) is 3.97. The number of benzene rings is 2. The number of hydrogen-bond acceptors (Lipinski definition) is 3. The molecule has 3 rings (SSSR count). The van der Waals surface area contributed by atoms with Gasteiger partial charge in [-0.2, -0.15) is 0 Å². The Balaban J connectivity index is 1.61. The lowest BCUT2D eigenvalue weighted by Gasteiger charge is -2.09. The number of ether oxygens (including phenoxy) is 1. The first-order chi connectivity index (χ1) is 12.1. The molecule has 0 aliphatic heterocycles. The molecule has 1 N–H and O–H groups in total. The van der Waals surface area contributed by atoms with Crippen molar-refractivity contribution in [3.63, 3.8) is 0 Å². The van der Waals surface area contributed by atoms with Crippen LogP contribution < -0.4 is 10.1 Å². The van der Waals surface area contributed by atoms with Crippen molar-refractivity contribution in [2.45, 2.75) is 13.2 Å². The van der Waals surface area contributed by atoms with E-state index < -0.39 is 5.82 Å². The Kier molecular flexibility index (Phi) is 5.50. The molecule has 2 aromatic carbocycles. The number of nitrogens with one attached hydrogen (secondary N) is 1. The van der Waals surface area contributed by atoms with Gasteiger partial charge in [-0.25, -0.2) is 4.39 Å². The zero-order chi connectivity index (χ0) is 17.6. The molecular weight excluding hydrogens is 389 g/mol. The predicted molar refractivity (Wildman–Crippen MR) is 94.8 cm³/mol. The molecule has 0 bridgehead atoms. The number of hydrogen-bond donors (Lipinski definition) is 1. The van der Waals surface area contributed by atoms with Crippen LogP contribution in [0.5, 0.6) is 5.75 Å². The number of rotatable bonds is 6. The third kappa shape index (κ3) is 4.70. The Bertz CT molecular complexity index is 865. The number of carbonyl (C=O) groups is 1. The van der Waals surface area contributed by atoms with Crippen molar-refractivity contribution in [3.8, 4) is 5.75 Å². The summed E-state index contributed by atoms with van der Waals surface area (Å²) in [7, 11) is 0. The summed E-state index contributed by atoms with van der Waals surface area (Å²) < 4.78 is 25.1. The molecule has 1 amide bonds. The summed E-state index contributed by atoms with van der Waals surface area (Å²) in [4.78, 5) is 12.2. The van der Waals surface area contributed by atoms with Gasteiger partial charge in [-0.05, 0) is 48.0 Å². The first kappa shape index (κ1) is 17.2. The fourth-order valence-corrected chi connectivity index (χ4v) is 2.57. The highest BCUT2D eigenvalue weighted by atomic mass is 79.9. The summed E-state index contributed by atoms with van der Waals surface area (Å²) in [6, 6.07) is 15.2. The molecule has 0 radical (unpaired) electrons. The zero-order valence-corrected chi connectivity index (χ0v) is 14.8. The highest BCUT2D eigenvalue weighted by molar-refractivity contribution is 9.10. The van der Waals surface area contributed by atoms with Crippen molar-refractivity contribution >= 4 is 21.8 Å². The van der Waals surface area contributed by atoms with Crippen LogP contribution in [0.2, 0.25) is 0 Å². The maximum atomic E-state index is 13.8. The maximum Gasteiger partial charge on any atom is 0.251 e. The van der Waals surface area contributed by atoms with Crippen molar-refractivity contribution in [1.29, 1.82) is 0 Å². The molecule has 4 nitrogen and oxygen atoms in total. The van der Waals surface area contributed by atoms with E-state index in [2.05, 4.69) is 21.2 Å². The fourth-order valence-electron chi connectivity index (χ4n) is 2.24. The standard InChI is InChI=1S/C19H15BrFNO3/c20-15-6-7-18(17(21)10-15)25-12-13-3-1-4-14(9-13)19(23)22-11-16-5-2-8-24-16/h1-10H,11-12H2,(H,22,23). The number of amides is 1. The lowest BCUT2D eigenvalue weighted by atomic mass is 10.1. The van der Waals surface area contributed by atoms with Gasteiger partial charge in [-0.3, -0.25) is 4.79 Å². The predicted octanol–water partition coefficient (Wildman–Crippen LogP) is 4.69. The smallest absolute Gasteiger partial charge is 0.251 e. The summed E-state index contributed by atoms with van der Waals surface area (Å²) in [5.41, 5.74) is 1.27. The first-order valence-electron chi connectivity index (χ1n) is 7.59. The molecule has 0 unspecified atom stereocenters. The maximum absolute atomic E-state index is 13.8. The van der Waals surface area contributed by atoms with E-state index >= 15 is 0 Å². The van der Waals surface area contributed by atoms with E-state index in [1.54, 1.807) is 48.7 Å². The van der Waals surface area contributed by atoms with Crippen LogP contribution in [0.3, 0.4) is 0 Å². The monoisotopic (exact) mass is 403 g/mol. The summed E-state index contributed by atoms with van der Waals surface area (Å²) in [6.07, 6.45) is 1.56. The van der Waals surface area contributed by atoms with Crippen molar-refractivity contribution in [1.82, 2.24) is 5.32 Å². The topological polar surface area (TPSA) is 51.5 Å². The van der Waals surface area contributed by atoms with Gasteiger partial charge in [0.25, 0.3) is 5.91 Å². The number of carbonyl (C=O) groups excluding carboxylic acids is 1. The molecule has 0 saturated carbocycles. The summed E-state index contributed by atoms with van der Waals surface area (Å²) in [5, 5.41) is 2.78. The van der Waals surface area contributed by atoms with Crippen molar-refractivity contribution in [2.24, 2.45) is 0 Å². The van der Waals surface area contributed by atoms with E-state index in [-0.39, 0.29) is 18.3 Å². The molecule has 1 heterocycles. The minimum Gasteiger partial charge on any atom is -0.486 e. The molecule has 0 spiro atoms. The molecule has 25 heavy (non-hydrogen) atoms. The SMILES string of the molecule is O=C(NCc1ccco1)c1cccc(COc2ccc(Br)cc2F)c1. The second-order valence-electron chi connectivity index (χ2n) is 5.33. The molecule has 3 aromatic rings. The largest absolute Gasteiger partial charge is 0.486 e. The van der Waals surface area contributed by atoms with E-state index in [4.69, 9.17) is 9.15 Å². The summed E-state index contributed by atoms with van der Waals surface area (Å²) >= 11 is 3.20. The Morgan fingerprint density at radius 2 is 2.04 bits per heavy atom. The molecule has 128 valence electrons. The second-order valence-corrected chi connectivity index (χ2v) is 6.24. The number of furan rings is 1. The van der Waals surface area contributed by atoms with Gasteiger partial charge < -0.3 is 14.5 Å². The highest BCUT2D eigenvalue weighted by Gasteiger charge is 2.08. The van der Waals surface area contributed by atoms with Crippen LogP contribution in [0.1, 0.15) is 21.7 Å². The van der Waals surface area contributed by atoms with Crippen LogP contribution in [0.25, 0.3) is 0 Å². The Morgan fingerprint density at radius 3 is 2.80 bits per heavy atom. The van der Waals surface area contributed by atoms with Crippen LogP contribution in [-0.2, 0) is 13.2 Å². The lowest BCUT2D eigenvalue weighted by molar-refractivity contribution is 0.0948. The fraction of sp³-hybridized carbons (Fsp3) is 0.105. The van der Waals surface area contributed by atoms with Crippen LogP contribution in [0.15, 0.2) is 69.8 Å². The summed E-state index contributed by atoms with van der Waals surface area (Å²) in [6.45, 7) is 0.481. The third-order valence-electron chi connectivity index (χ3n) is 3.48. The van der Waals surface area contributed by atoms with Crippen molar-refractivity contribution < 1.29 is 18.3 Å². The molecule has 6 heteroatoms. The minimum absolute atomic E-state index is 0.163. The van der Waals surface area contributed by atoms with Gasteiger partial charge in [-0.1, -0.05) is 28.1 Å². The number of halogens is 2. The van der Waals surface area contributed by atoms with Gasteiger partial charge in [0.2, 0.25) is 0 Å². The van der Waals surface area contributed by atoms with Gasteiger partial charge in [0, 0.05) is 10.0 Å². The van der Waals surface area contributed by atoms with Gasteiger partial charge in [0.05, 0.1) is 12.8 Å². The molecule has 0 aliphatic rings. The average Bonchev–Trinajstić information content (AvgIpc) is 3.13. The van der Waals surface area contributed by atoms with E-state index in [0.717, 1.165) is 5.56 Å². The highest BCUT2D eigenvalue weighted by Crippen LogP contribution is 2.22. The lowest BCUT2D eigenvalue weighted by Crippen LogP contribution is -2.22. The Labute approximate surface area is 152 Å². The molecular formula is C19H15BrFNO3. The van der Waals surface area contributed by atoms with Gasteiger partial charge in [0.15, 0.2) is 11.6 Å². The normalized spacial score (nSPS) is 10.5. The van der Waals surface area contributed by atoms with Gasteiger partial charge in [-0.15, -0.1) is 0 Å². The molecule has 0 fully saturated rings. The molecule has 0 saturated heterocycles. The zero-order valence-electron chi connectivity index (χ0n) is 13.2. The first-order valence-corrected chi connectivity index (χ1v) is 8.38. The second kappa shape index (κ2) is 7.98. The van der Waals surface area contributed by atoms with E-state index in [9.17, 15) is 9.18 Å². The van der Waals surface area contributed by atoms with Crippen LogP contribution in [0, 0.1) is 5.82 Å². The van der Waals surface area contributed by atoms with Crippen molar-refractivity contribution in [2.75, 3.05) is 0 Å². The summed E-state index contributed by atoms with van der Waals surface area (Å²) in [5.74, 6) is 0.184. The molecule has 1 aromatic heterocycles. The average molecular weight is 404 g/mol. The van der Waals surface area contributed by atoms with Crippen LogP contribution in [0.4, 0.5) is 4.39 Å². The Morgan fingerprint density at radius 1 is 1.16 bits per heavy atom. The minimum atomic E-state index is -0.443. The van der Waals surface area contributed by atoms with Crippen LogP contribution in [-0.4, -0.2) is 5.91 Å². The molecule has 0 aliphatic carbocycles. The van der Waals surface area contributed by atoms with Gasteiger partial charge in [0.1, 0.15) is 12.4 Å². The quantitative estimate of drug-likeness (QED) is 0.649. The molecule has 0 atom stereocenters.